The Balaban J connectivity index is 1.64. The Hall–Kier alpha value is -2.21. The molecule has 0 saturated carbocycles. The molecule has 26 heavy (non-hydrogen) atoms. The monoisotopic (exact) mass is 392 g/mol. The van der Waals surface area contributed by atoms with Gasteiger partial charge in [-0.2, -0.15) is 17.5 Å². The summed E-state index contributed by atoms with van der Waals surface area (Å²) in [7, 11) is -3.67. The van der Waals surface area contributed by atoms with Gasteiger partial charge in [0.25, 0.3) is 5.56 Å². The smallest absolute Gasteiger partial charge is 0.363 e. The fourth-order valence-corrected chi connectivity index (χ4v) is 4.13. The van der Waals surface area contributed by atoms with Crippen molar-refractivity contribution < 1.29 is 26.1 Å². The fourth-order valence-electron chi connectivity index (χ4n) is 2.80. The number of aromatic nitrogens is 3. The summed E-state index contributed by atoms with van der Waals surface area (Å²) in [5.74, 6) is -0.0415. The van der Waals surface area contributed by atoms with Gasteiger partial charge in [-0.3, -0.25) is 9.36 Å². The van der Waals surface area contributed by atoms with E-state index in [9.17, 15) is 26.4 Å². The molecular weight excluding hydrogens is 377 g/mol. The van der Waals surface area contributed by atoms with Gasteiger partial charge in [-0.15, -0.1) is 0 Å². The number of piperidine rings is 1. The van der Waals surface area contributed by atoms with Crippen LogP contribution < -0.4 is 5.56 Å². The number of hydrogen-bond donors (Lipinski definition) is 0. The fraction of sp³-hybridized carbons (Fsp3) is 0.500. The van der Waals surface area contributed by atoms with E-state index in [0.717, 1.165) is 23.4 Å². The molecule has 3 heterocycles. The quantitative estimate of drug-likeness (QED) is 0.779. The highest BCUT2D eigenvalue weighted by atomic mass is 32.2. The minimum Gasteiger partial charge on any atom is -0.363 e. The standard InChI is InChI=1S/C14H15F3N4O4S/c15-14(16,17)12-5-13(22)20(9-18-12)7-10-1-3-21(4-2-10)26(23,24)11-6-19-25-8-11/h5-6,8-10H,1-4,7H2. The molecule has 1 aliphatic heterocycles. The zero-order valence-corrected chi connectivity index (χ0v) is 14.2. The molecule has 2 aromatic heterocycles. The molecule has 0 amide bonds. The predicted molar refractivity (Wildman–Crippen MR) is 81.5 cm³/mol. The number of nitrogens with zero attached hydrogens (tertiary/aromatic N) is 4. The molecule has 12 heteroatoms. The van der Waals surface area contributed by atoms with Crippen LogP contribution in [0.25, 0.3) is 0 Å². The van der Waals surface area contributed by atoms with Gasteiger partial charge < -0.3 is 4.52 Å². The minimum atomic E-state index is -4.67. The van der Waals surface area contributed by atoms with Gasteiger partial charge in [-0.05, 0) is 18.8 Å². The van der Waals surface area contributed by atoms with E-state index in [1.807, 2.05) is 0 Å². The van der Waals surface area contributed by atoms with Crippen molar-refractivity contribution in [3.05, 3.63) is 40.9 Å². The molecule has 2 aromatic rings. The maximum Gasteiger partial charge on any atom is 0.433 e. The molecule has 3 rings (SSSR count). The zero-order chi connectivity index (χ0) is 18.9. The van der Waals surface area contributed by atoms with Crippen LogP contribution in [0.2, 0.25) is 0 Å². The minimum absolute atomic E-state index is 0.0286. The van der Waals surface area contributed by atoms with Crippen molar-refractivity contribution in [3.8, 4) is 0 Å². The van der Waals surface area contributed by atoms with E-state index in [-0.39, 0.29) is 30.4 Å². The van der Waals surface area contributed by atoms with Gasteiger partial charge in [0.05, 0.1) is 12.5 Å². The van der Waals surface area contributed by atoms with Crippen molar-refractivity contribution in [2.75, 3.05) is 13.1 Å². The van der Waals surface area contributed by atoms with Gasteiger partial charge in [0, 0.05) is 25.7 Å². The Morgan fingerprint density at radius 2 is 1.96 bits per heavy atom. The number of halogens is 3. The maximum absolute atomic E-state index is 12.5. The summed E-state index contributed by atoms with van der Waals surface area (Å²) < 4.78 is 69.3. The molecule has 1 saturated heterocycles. The lowest BCUT2D eigenvalue weighted by molar-refractivity contribution is -0.141. The number of rotatable bonds is 4. The lowest BCUT2D eigenvalue weighted by Crippen LogP contribution is -2.40. The third kappa shape index (κ3) is 3.80. The van der Waals surface area contributed by atoms with Crippen molar-refractivity contribution in [2.45, 2.75) is 30.5 Å². The first kappa shape index (κ1) is 18.6. The van der Waals surface area contributed by atoms with Crippen LogP contribution in [0.4, 0.5) is 13.2 Å². The molecule has 0 N–H and O–H groups in total. The van der Waals surface area contributed by atoms with Gasteiger partial charge in [0.15, 0.2) is 5.69 Å². The number of alkyl halides is 3. The second kappa shape index (κ2) is 6.83. The van der Waals surface area contributed by atoms with Crippen LogP contribution in [0.1, 0.15) is 18.5 Å². The summed E-state index contributed by atoms with van der Waals surface area (Å²) in [6, 6.07) is 0.464. The Morgan fingerprint density at radius 3 is 2.50 bits per heavy atom. The van der Waals surface area contributed by atoms with E-state index in [1.54, 1.807) is 0 Å². The lowest BCUT2D eigenvalue weighted by Gasteiger charge is -2.30. The molecule has 1 aliphatic rings. The van der Waals surface area contributed by atoms with Crippen LogP contribution in [0, 0.1) is 5.92 Å². The van der Waals surface area contributed by atoms with Gasteiger partial charge >= 0.3 is 6.18 Å². The third-order valence-corrected chi connectivity index (χ3v) is 6.09. The first-order valence-electron chi connectivity index (χ1n) is 7.71. The molecular formula is C14H15F3N4O4S. The molecule has 0 aromatic carbocycles. The molecule has 0 atom stereocenters. The first-order chi connectivity index (χ1) is 12.2. The van der Waals surface area contributed by atoms with Crippen molar-refractivity contribution in [2.24, 2.45) is 5.92 Å². The molecule has 0 aliphatic carbocycles. The highest BCUT2D eigenvalue weighted by molar-refractivity contribution is 7.89. The maximum atomic E-state index is 12.5. The second-order valence-corrected chi connectivity index (χ2v) is 7.91. The molecule has 0 bridgehead atoms. The summed E-state index contributed by atoms with van der Waals surface area (Å²) in [6.45, 7) is 0.660. The topological polar surface area (TPSA) is 98.3 Å². The third-order valence-electron chi connectivity index (χ3n) is 4.25. The summed E-state index contributed by atoms with van der Waals surface area (Å²) in [5.41, 5.74) is -2.01. The molecule has 0 spiro atoms. The highest BCUT2D eigenvalue weighted by Crippen LogP contribution is 2.27. The van der Waals surface area contributed by atoms with E-state index in [4.69, 9.17) is 0 Å². The number of hydrogen-bond acceptors (Lipinski definition) is 6. The predicted octanol–water partition coefficient (Wildman–Crippen LogP) is 1.35. The van der Waals surface area contributed by atoms with Gasteiger partial charge in [0.1, 0.15) is 11.2 Å². The van der Waals surface area contributed by atoms with Crippen LogP contribution in [-0.2, 0) is 22.7 Å². The SMILES string of the molecule is O=c1cc(C(F)(F)F)ncn1CC1CCN(S(=O)(=O)c2cnoc2)CC1. The first-order valence-corrected chi connectivity index (χ1v) is 9.15. The van der Waals surface area contributed by atoms with Crippen LogP contribution in [-0.4, -0.2) is 40.5 Å². The molecule has 142 valence electrons. The largest absolute Gasteiger partial charge is 0.433 e. The molecule has 8 nitrogen and oxygen atoms in total. The summed E-state index contributed by atoms with van der Waals surface area (Å²) in [4.78, 5) is 15.1. The Labute approximate surface area is 146 Å². The van der Waals surface area contributed by atoms with E-state index in [2.05, 4.69) is 14.7 Å². The van der Waals surface area contributed by atoms with Gasteiger partial charge in [-0.1, -0.05) is 5.16 Å². The summed E-state index contributed by atoms with van der Waals surface area (Å²) >= 11 is 0. The summed E-state index contributed by atoms with van der Waals surface area (Å²) in [5, 5.41) is 3.38. The van der Waals surface area contributed by atoms with E-state index in [1.165, 1.54) is 4.31 Å². The van der Waals surface area contributed by atoms with E-state index in [0.29, 0.717) is 18.9 Å². The molecule has 0 radical (unpaired) electrons. The molecule has 0 unspecified atom stereocenters. The molecule has 1 fully saturated rings. The van der Waals surface area contributed by atoms with E-state index < -0.39 is 27.5 Å². The van der Waals surface area contributed by atoms with Crippen LogP contribution in [0.3, 0.4) is 0 Å². The van der Waals surface area contributed by atoms with Crippen molar-refractivity contribution >= 4 is 10.0 Å². The zero-order valence-electron chi connectivity index (χ0n) is 13.4. The normalized spacial score (nSPS) is 17.5. The average molecular weight is 392 g/mol. The Bertz CT molecular complexity index is 916. The van der Waals surface area contributed by atoms with Crippen LogP contribution >= 0.6 is 0 Å². The van der Waals surface area contributed by atoms with Gasteiger partial charge in [0.2, 0.25) is 10.0 Å². The second-order valence-electron chi connectivity index (χ2n) is 5.97. The highest BCUT2D eigenvalue weighted by Gasteiger charge is 2.34. The average Bonchev–Trinajstić information content (AvgIpc) is 3.11. The Kier molecular flexibility index (Phi) is 4.88. The van der Waals surface area contributed by atoms with Crippen molar-refractivity contribution in [1.82, 2.24) is 19.0 Å². The van der Waals surface area contributed by atoms with Crippen molar-refractivity contribution in [1.29, 1.82) is 0 Å². The van der Waals surface area contributed by atoms with Crippen LogP contribution in [0.15, 0.2) is 39.1 Å². The van der Waals surface area contributed by atoms with Crippen molar-refractivity contribution in [3.63, 3.8) is 0 Å². The van der Waals surface area contributed by atoms with Crippen LogP contribution in [0.5, 0.6) is 0 Å². The van der Waals surface area contributed by atoms with E-state index >= 15 is 0 Å². The number of sulfonamides is 1. The Morgan fingerprint density at radius 1 is 1.27 bits per heavy atom. The lowest BCUT2D eigenvalue weighted by atomic mass is 9.98. The summed E-state index contributed by atoms with van der Waals surface area (Å²) in [6.07, 6.45) is -0.676. The van der Waals surface area contributed by atoms with Gasteiger partial charge in [-0.25, -0.2) is 13.4 Å².